The van der Waals surface area contributed by atoms with E-state index in [2.05, 4.69) is 218 Å². The normalized spacial score (nSPS) is 27.4. The molecule has 80 heavy (non-hydrogen) atoms. The molecular weight excluding hydrogens is 988 g/mol. The summed E-state index contributed by atoms with van der Waals surface area (Å²) in [5, 5.41) is 1.33. The standard InChI is InChI=1S/C74H87BN4S/c1-68(2,3)43-19-17-42(18-20-43)49-34-44(69(4,5)6)22-27-59(49)79-60-28-23-45(70(7,8)9)35-58(60)75-62-65(76-67(77-66(62)79)74-38-53-50-31-41-32-51(53)55(40-74)52(33-41)54(50)39-74)78(47-24-26-56-57(37-47)73(15,16)30-29-72(56,13)14)63-48-25-21-46(71(10,11)12)36-61(48)80-64(63)75/h17-28,34-37,41,50-55H,29-33,38-40H2,1-16H3/t41?,50-,51-,52?,53?,54?,55?,74-/m1/s1. The van der Waals surface area contributed by atoms with Crippen molar-refractivity contribution in [3.05, 3.63) is 136 Å². The number of rotatable bonds is 4. The lowest BCUT2D eigenvalue weighted by molar-refractivity contribution is -0.213. The molecule has 17 rings (SSSR count). The molecular formula is C74H87BN4S. The average molecular weight is 1080 g/mol. The maximum Gasteiger partial charge on any atom is 0.268 e. The van der Waals surface area contributed by atoms with E-state index in [1.54, 1.807) is 0 Å². The molecule has 5 aromatic carbocycles. The monoisotopic (exact) mass is 1070 g/mol. The van der Waals surface area contributed by atoms with Gasteiger partial charge in [-0.1, -0.05) is 171 Å². The van der Waals surface area contributed by atoms with Crippen LogP contribution in [0.3, 0.4) is 0 Å². The maximum atomic E-state index is 6.43. The third kappa shape index (κ3) is 7.43. The van der Waals surface area contributed by atoms with Crippen molar-refractivity contribution in [2.45, 2.75) is 200 Å². The highest BCUT2D eigenvalue weighted by Gasteiger charge is 2.68. The first-order valence-corrected chi connectivity index (χ1v) is 32.0. The number of anilines is 6. The van der Waals surface area contributed by atoms with Crippen molar-refractivity contribution in [2.75, 3.05) is 9.80 Å². The van der Waals surface area contributed by atoms with Gasteiger partial charge >= 0.3 is 0 Å². The Morgan fingerprint density at radius 1 is 0.512 bits per heavy atom. The van der Waals surface area contributed by atoms with E-state index >= 15 is 0 Å². The van der Waals surface area contributed by atoms with Gasteiger partial charge in [-0.25, -0.2) is 9.97 Å². The molecule has 7 fully saturated rings. The van der Waals surface area contributed by atoms with Crippen molar-refractivity contribution < 1.29 is 0 Å². The molecule has 10 aliphatic rings. The Hall–Kier alpha value is -5.20. The zero-order valence-electron chi connectivity index (χ0n) is 51.2. The summed E-state index contributed by atoms with van der Waals surface area (Å²) < 4.78 is 2.76. The van der Waals surface area contributed by atoms with E-state index in [9.17, 15) is 0 Å². The van der Waals surface area contributed by atoms with Gasteiger partial charge in [0.05, 0.1) is 11.4 Å². The van der Waals surface area contributed by atoms with Gasteiger partial charge in [-0.3, -0.25) is 9.80 Å². The zero-order chi connectivity index (χ0) is 55.9. The first-order valence-electron chi connectivity index (χ1n) is 31.2. The largest absolute Gasteiger partial charge is 0.295 e. The molecule has 8 bridgehead atoms. The molecule has 0 N–H and O–H groups in total. The molecule has 4 heterocycles. The molecule has 0 unspecified atom stereocenters. The van der Waals surface area contributed by atoms with Crippen LogP contribution in [0.2, 0.25) is 0 Å². The number of benzene rings is 5. The second-order valence-corrected chi connectivity index (χ2v) is 33.9. The number of aromatic nitrogens is 2. The van der Waals surface area contributed by atoms with Crippen LogP contribution in [0.25, 0.3) is 21.2 Å². The van der Waals surface area contributed by atoms with Crippen LogP contribution in [-0.2, 0) is 37.9 Å². The van der Waals surface area contributed by atoms with Gasteiger partial charge in [0.25, 0.3) is 6.71 Å². The summed E-state index contributed by atoms with van der Waals surface area (Å²) in [6, 6.07) is 39.6. The van der Waals surface area contributed by atoms with E-state index in [1.165, 1.54) is 144 Å². The Labute approximate surface area is 484 Å². The Bertz CT molecular complexity index is 3690. The van der Waals surface area contributed by atoms with Crippen LogP contribution >= 0.6 is 11.3 Å². The van der Waals surface area contributed by atoms with Crippen LogP contribution < -0.4 is 25.5 Å². The maximum absolute atomic E-state index is 6.43. The molecule has 0 atom stereocenters. The van der Waals surface area contributed by atoms with Gasteiger partial charge in [-0.15, -0.1) is 11.3 Å². The summed E-state index contributed by atoms with van der Waals surface area (Å²) in [5.74, 6) is 9.39. The van der Waals surface area contributed by atoms with Crippen molar-refractivity contribution in [3.8, 4) is 11.1 Å². The highest BCUT2D eigenvalue weighted by Crippen LogP contribution is 2.74. The predicted octanol–water partition coefficient (Wildman–Crippen LogP) is 17.9. The summed E-state index contributed by atoms with van der Waals surface area (Å²) in [5.41, 5.74) is 18.5. The van der Waals surface area contributed by atoms with Crippen LogP contribution in [0.4, 0.5) is 34.4 Å². The first-order chi connectivity index (χ1) is 37.6. The fourth-order valence-corrected chi connectivity index (χ4v) is 19.7. The number of fused-ring (bicyclic) bond motifs is 7. The highest BCUT2D eigenvalue weighted by molar-refractivity contribution is 7.33. The molecule has 4 nitrogen and oxygen atoms in total. The summed E-state index contributed by atoms with van der Waals surface area (Å²) >= 11 is 2.03. The molecule has 2 aromatic heterocycles. The van der Waals surface area contributed by atoms with Gasteiger partial charge in [-0.05, 0) is 206 Å². The number of hydrogen-bond acceptors (Lipinski definition) is 5. The van der Waals surface area contributed by atoms with Crippen LogP contribution in [0.15, 0.2) is 97.1 Å². The minimum Gasteiger partial charge on any atom is -0.295 e. The van der Waals surface area contributed by atoms with Crippen LogP contribution in [0, 0.1) is 41.4 Å². The smallest absolute Gasteiger partial charge is 0.268 e. The quantitative estimate of drug-likeness (QED) is 0.164. The van der Waals surface area contributed by atoms with E-state index in [1.807, 2.05) is 11.3 Å². The molecule has 0 amide bonds. The van der Waals surface area contributed by atoms with E-state index in [0.29, 0.717) is 0 Å². The Balaban J connectivity index is 1.06. The van der Waals surface area contributed by atoms with Gasteiger partial charge in [0.2, 0.25) is 0 Å². The van der Waals surface area contributed by atoms with Crippen LogP contribution in [-0.4, -0.2) is 16.7 Å². The Morgan fingerprint density at radius 2 is 1.02 bits per heavy atom. The fourth-order valence-electron chi connectivity index (χ4n) is 18.4. The van der Waals surface area contributed by atoms with E-state index in [0.717, 1.165) is 58.9 Å². The number of thiophene rings is 1. The summed E-state index contributed by atoms with van der Waals surface area (Å²) in [4.78, 5) is 18.2. The highest BCUT2D eigenvalue weighted by atomic mass is 32.1. The fraction of sp³-hybridized carbons (Fsp3) is 0.514. The van der Waals surface area contributed by atoms with Crippen molar-refractivity contribution >= 4 is 78.2 Å². The Kier molecular flexibility index (Phi) is 10.7. The first kappa shape index (κ1) is 51.7. The molecule has 0 radical (unpaired) electrons. The molecule has 7 saturated carbocycles. The summed E-state index contributed by atoms with van der Waals surface area (Å²) in [6.07, 6.45) is 10.5. The van der Waals surface area contributed by atoms with Gasteiger partial charge in [0, 0.05) is 42.7 Å². The van der Waals surface area contributed by atoms with Crippen LogP contribution in [0.1, 0.15) is 201 Å². The minimum atomic E-state index is -0.0664. The topological polar surface area (TPSA) is 32.3 Å². The molecule has 7 aromatic rings. The third-order valence-electron chi connectivity index (χ3n) is 22.8. The molecule has 8 aliphatic carbocycles. The molecule has 0 saturated heterocycles. The third-order valence-corrected chi connectivity index (χ3v) is 24.0. The van der Waals surface area contributed by atoms with Crippen molar-refractivity contribution in [1.82, 2.24) is 9.97 Å². The van der Waals surface area contributed by atoms with E-state index < -0.39 is 0 Å². The van der Waals surface area contributed by atoms with Crippen molar-refractivity contribution in [3.63, 3.8) is 0 Å². The molecule has 6 heteroatoms. The molecule has 0 spiro atoms. The predicted molar refractivity (Wildman–Crippen MR) is 341 cm³/mol. The van der Waals surface area contributed by atoms with E-state index in [4.69, 9.17) is 9.97 Å². The lowest BCUT2D eigenvalue weighted by Gasteiger charge is -2.72. The summed E-state index contributed by atoms with van der Waals surface area (Å²) in [7, 11) is 0. The SMILES string of the molecule is CC(C)(C)c1ccc(-c2cc(C(C)(C)C)ccc2N2c3ccc(C(C)(C)C)cc3B3c4sc5cc(C(C)(C)C)ccc5c4N(c4ccc5c(c4)C(C)(C)CCC5(C)C)c4nc([C@]56CC7C8CC9C[C@@H]7C(C5)[C@@H](C9)C8C6)nc2c43)cc1. The molecule has 2 aliphatic heterocycles. The van der Waals surface area contributed by atoms with Gasteiger partial charge in [0.1, 0.15) is 17.5 Å². The minimum absolute atomic E-state index is 0.00929. The average Bonchev–Trinajstić information content (AvgIpc) is 3.96. The van der Waals surface area contributed by atoms with Crippen molar-refractivity contribution in [1.29, 1.82) is 0 Å². The Morgan fingerprint density at radius 3 is 1.61 bits per heavy atom. The van der Waals surface area contributed by atoms with Gasteiger partial charge in [-0.2, -0.15) is 0 Å². The number of nitrogens with zero attached hydrogens (tertiary/aromatic N) is 4. The second-order valence-electron chi connectivity index (χ2n) is 32.8. The zero-order valence-corrected chi connectivity index (χ0v) is 52.0. The van der Waals surface area contributed by atoms with Gasteiger partial charge < -0.3 is 0 Å². The second kappa shape index (κ2) is 16.5. The van der Waals surface area contributed by atoms with Crippen LogP contribution in [0.5, 0.6) is 0 Å². The summed E-state index contributed by atoms with van der Waals surface area (Å²) in [6.45, 7) is 38.2. The van der Waals surface area contributed by atoms with E-state index in [-0.39, 0.29) is 44.6 Å². The molecule has 412 valence electrons. The number of hydrogen-bond donors (Lipinski definition) is 0. The van der Waals surface area contributed by atoms with Gasteiger partial charge in [0.15, 0.2) is 0 Å². The lowest BCUT2D eigenvalue weighted by atomic mass is 9.33. The lowest BCUT2D eigenvalue weighted by Crippen LogP contribution is -2.67. The van der Waals surface area contributed by atoms with Crippen molar-refractivity contribution in [2.24, 2.45) is 41.4 Å².